The third-order valence-corrected chi connectivity index (χ3v) is 6.95. The molecule has 2 aromatic rings. The predicted molar refractivity (Wildman–Crippen MR) is 131 cm³/mol. The van der Waals surface area contributed by atoms with E-state index in [1.165, 1.54) is 11.9 Å². The highest BCUT2D eigenvalue weighted by Gasteiger charge is 2.30. The Morgan fingerprint density at radius 2 is 1.63 bits per heavy atom. The predicted octanol–water partition coefficient (Wildman–Crippen LogP) is 2.65. The molecule has 0 fully saturated rings. The molecule has 188 valence electrons. The van der Waals surface area contributed by atoms with Crippen molar-refractivity contribution in [3.63, 3.8) is 0 Å². The van der Waals surface area contributed by atoms with Crippen LogP contribution >= 0.6 is 0 Å². The van der Waals surface area contributed by atoms with Gasteiger partial charge in [0.15, 0.2) is 0 Å². The highest BCUT2D eigenvalue weighted by molar-refractivity contribution is 7.90. The minimum absolute atomic E-state index is 0.0568. The second kappa shape index (κ2) is 11.4. The van der Waals surface area contributed by atoms with E-state index < -0.39 is 33.8 Å². The van der Waals surface area contributed by atoms with E-state index in [2.05, 4.69) is 5.32 Å². The Kier molecular flexibility index (Phi) is 8.50. The number of benzene rings is 2. The summed E-state index contributed by atoms with van der Waals surface area (Å²) < 4.78 is 28.8. The van der Waals surface area contributed by atoms with Crippen molar-refractivity contribution in [3.05, 3.63) is 59.7 Å². The molecular weight excluding hydrogens is 472 g/mol. The Balaban J connectivity index is 1.66. The summed E-state index contributed by atoms with van der Waals surface area (Å²) in [7, 11) is -1.89. The molecule has 0 saturated heterocycles. The van der Waals surface area contributed by atoms with Crippen LogP contribution < -0.4 is 5.32 Å². The molecule has 1 aliphatic carbocycles. The number of carboxylic acids is 1. The number of aliphatic carboxylic acids is 1. The molecule has 0 radical (unpaired) electrons. The van der Waals surface area contributed by atoms with Crippen molar-refractivity contribution in [2.75, 3.05) is 32.2 Å². The largest absolute Gasteiger partial charge is 0.481 e. The highest BCUT2D eigenvalue weighted by atomic mass is 32.2. The smallest absolute Gasteiger partial charge is 0.407 e. The number of fused-ring (bicyclic) bond motifs is 3. The summed E-state index contributed by atoms with van der Waals surface area (Å²) in [5.74, 6) is -1.93. The molecule has 0 heterocycles. The van der Waals surface area contributed by atoms with Gasteiger partial charge in [-0.15, -0.1) is 0 Å². The number of nitrogens with zero attached hydrogens (tertiary/aromatic N) is 1. The first-order chi connectivity index (χ1) is 16.6. The van der Waals surface area contributed by atoms with Gasteiger partial charge in [-0.1, -0.05) is 48.5 Å². The fourth-order valence-electron chi connectivity index (χ4n) is 4.22. The van der Waals surface area contributed by atoms with Crippen LogP contribution in [0.4, 0.5) is 4.79 Å². The Hall–Kier alpha value is -3.40. The second-order valence-electron chi connectivity index (χ2n) is 8.70. The number of carbonyl (C=O) groups excluding carboxylic acids is 2. The third kappa shape index (κ3) is 7.05. The van der Waals surface area contributed by atoms with E-state index in [-0.39, 0.29) is 44.1 Å². The van der Waals surface area contributed by atoms with Gasteiger partial charge in [-0.05, 0) is 35.1 Å². The SMILES string of the molecule is CN(CCCC(=O)O)C(=O)C(CCS(C)(=O)=O)NC(=O)OCC1c2ccccc2-c2ccccc21. The zero-order valence-electron chi connectivity index (χ0n) is 19.8. The molecule has 3 rings (SSSR count). The fraction of sp³-hybridized carbons (Fsp3) is 0.400. The molecule has 0 bridgehead atoms. The highest BCUT2D eigenvalue weighted by Crippen LogP contribution is 2.44. The van der Waals surface area contributed by atoms with Crippen molar-refractivity contribution in [1.29, 1.82) is 0 Å². The van der Waals surface area contributed by atoms with E-state index in [9.17, 15) is 22.8 Å². The lowest BCUT2D eigenvalue weighted by Crippen LogP contribution is -2.48. The quantitative estimate of drug-likeness (QED) is 0.483. The van der Waals surface area contributed by atoms with Crippen molar-refractivity contribution < 1.29 is 32.6 Å². The van der Waals surface area contributed by atoms with Gasteiger partial charge in [-0.2, -0.15) is 0 Å². The van der Waals surface area contributed by atoms with Crippen LogP contribution in [0.3, 0.4) is 0 Å². The van der Waals surface area contributed by atoms with Crippen LogP contribution in [0, 0.1) is 0 Å². The topological polar surface area (TPSA) is 130 Å². The lowest BCUT2D eigenvalue weighted by Gasteiger charge is -2.24. The lowest BCUT2D eigenvalue weighted by molar-refractivity contribution is -0.138. The number of likely N-dealkylation sites (N-methyl/N-ethyl adjacent to an activating group) is 1. The van der Waals surface area contributed by atoms with E-state index in [1.807, 2.05) is 48.5 Å². The number of carboxylic acid groups (broad SMARTS) is 1. The van der Waals surface area contributed by atoms with Crippen molar-refractivity contribution >= 4 is 27.8 Å². The molecule has 1 atom stereocenters. The van der Waals surface area contributed by atoms with Gasteiger partial charge in [-0.25, -0.2) is 13.2 Å². The van der Waals surface area contributed by atoms with Gasteiger partial charge in [-0.3, -0.25) is 9.59 Å². The standard InChI is InChI=1S/C25H30N2O7S/c1-27(14-7-12-23(28)29)24(30)22(13-15-35(2,32)33)26-25(31)34-16-21-19-10-5-3-8-17(19)18-9-4-6-11-20(18)21/h3-6,8-11,21-22H,7,12-16H2,1-2H3,(H,26,31)(H,28,29). The van der Waals surface area contributed by atoms with E-state index in [1.54, 1.807) is 0 Å². The van der Waals surface area contributed by atoms with Crippen LogP contribution in [-0.4, -0.2) is 74.6 Å². The molecule has 0 aromatic heterocycles. The maximum absolute atomic E-state index is 12.9. The molecule has 2 amide bonds. The number of nitrogens with one attached hydrogen (secondary N) is 1. The minimum atomic E-state index is -3.38. The van der Waals surface area contributed by atoms with Crippen LogP contribution in [0.5, 0.6) is 0 Å². The zero-order chi connectivity index (χ0) is 25.6. The number of alkyl carbamates (subject to hydrolysis) is 1. The Labute approximate surface area is 205 Å². The fourth-order valence-corrected chi connectivity index (χ4v) is 4.88. The molecule has 1 aliphatic rings. The first-order valence-corrected chi connectivity index (χ1v) is 13.4. The van der Waals surface area contributed by atoms with E-state index >= 15 is 0 Å². The van der Waals surface area contributed by atoms with Gasteiger partial charge in [0.2, 0.25) is 5.91 Å². The van der Waals surface area contributed by atoms with Gasteiger partial charge in [0.05, 0.1) is 5.75 Å². The third-order valence-electron chi connectivity index (χ3n) is 5.97. The summed E-state index contributed by atoms with van der Waals surface area (Å²) in [6, 6.07) is 14.7. The maximum atomic E-state index is 12.9. The van der Waals surface area contributed by atoms with Gasteiger partial charge in [0.25, 0.3) is 0 Å². The maximum Gasteiger partial charge on any atom is 0.407 e. The number of carbonyl (C=O) groups is 3. The van der Waals surface area contributed by atoms with Gasteiger partial charge >= 0.3 is 12.1 Å². The zero-order valence-corrected chi connectivity index (χ0v) is 20.6. The molecule has 10 heteroatoms. The van der Waals surface area contributed by atoms with E-state index in [0.717, 1.165) is 28.5 Å². The molecule has 35 heavy (non-hydrogen) atoms. The number of rotatable bonds is 11. The summed E-state index contributed by atoms with van der Waals surface area (Å²) >= 11 is 0. The molecule has 0 aliphatic heterocycles. The molecule has 2 aromatic carbocycles. The average molecular weight is 503 g/mol. The van der Waals surface area contributed by atoms with Gasteiger partial charge < -0.3 is 20.1 Å². The average Bonchev–Trinajstić information content (AvgIpc) is 3.13. The first kappa shape index (κ1) is 26.2. The van der Waals surface area contributed by atoms with E-state index in [0.29, 0.717) is 0 Å². The molecule has 1 unspecified atom stereocenters. The van der Waals surface area contributed by atoms with Gasteiger partial charge in [0, 0.05) is 32.2 Å². The van der Waals surface area contributed by atoms with Crippen LogP contribution in [0.25, 0.3) is 11.1 Å². The number of sulfone groups is 1. The van der Waals surface area contributed by atoms with Crippen LogP contribution in [0.1, 0.15) is 36.3 Å². The van der Waals surface area contributed by atoms with Crippen molar-refractivity contribution in [2.24, 2.45) is 0 Å². The summed E-state index contributed by atoms with van der Waals surface area (Å²) in [5, 5.41) is 11.3. The Bertz CT molecular complexity index is 1150. The molecule has 9 nitrogen and oxygen atoms in total. The minimum Gasteiger partial charge on any atom is -0.481 e. The molecule has 2 N–H and O–H groups in total. The molecule has 0 saturated carbocycles. The van der Waals surface area contributed by atoms with Gasteiger partial charge in [0.1, 0.15) is 22.5 Å². The number of ether oxygens (including phenoxy) is 1. The van der Waals surface area contributed by atoms with Crippen molar-refractivity contribution in [1.82, 2.24) is 10.2 Å². The van der Waals surface area contributed by atoms with Crippen LogP contribution in [0.15, 0.2) is 48.5 Å². The summed E-state index contributed by atoms with van der Waals surface area (Å²) in [4.78, 5) is 37.6. The summed E-state index contributed by atoms with van der Waals surface area (Å²) in [5.41, 5.74) is 4.26. The van der Waals surface area contributed by atoms with Crippen LogP contribution in [-0.2, 0) is 24.2 Å². The van der Waals surface area contributed by atoms with Crippen molar-refractivity contribution in [3.8, 4) is 11.1 Å². The molecule has 0 spiro atoms. The summed E-state index contributed by atoms with van der Waals surface area (Å²) in [6.07, 6.45) is 0.244. The monoisotopic (exact) mass is 502 g/mol. The first-order valence-electron chi connectivity index (χ1n) is 11.3. The Morgan fingerprint density at radius 1 is 1.06 bits per heavy atom. The van der Waals surface area contributed by atoms with Crippen LogP contribution in [0.2, 0.25) is 0 Å². The van der Waals surface area contributed by atoms with Crippen molar-refractivity contribution in [2.45, 2.75) is 31.2 Å². The van der Waals surface area contributed by atoms with E-state index in [4.69, 9.17) is 9.84 Å². The number of hydrogen-bond donors (Lipinski definition) is 2. The Morgan fingerprint density at radius 3 is 2.17 bits per heavy atom. The number of amides is 2. The summed E-state index contributed by atoms with van der Waals surface area (Å²) in [6.45, 7) is 0.216. The molecular formula is C25H30N2O7S. The second-order valence-corrected chi connectivity index (χ2v) is 11.0. The number of hydrogen-bond acceptors (Lipinski definition) is 6. The normalized spacial score (nSPS) is 13.4. The lowest BCUT2D eigenvalue weighted by atomic mass is 9.98.